The van der Waals surface area contributed by atoms with Crippen molar-refractivity contribution in [1.29, 1.82) is 0 Å². The van der Waals surface area contributed by atoms with Gasteiger partial charge >= 0.3 is 5.97 Å². The largest absolute Gasteiger partial charge is 0.451 e. The Morgan fingerprint density at radius 1 is 1.12 bits per heavy atom. The number of unbranched alkanes of at least 4 members (excludes halogenated alkanes) is 1. The lowest BCUT2D eigenvalue weighted by Gasteiger charge is -2.26. The maximum atomic E-state index is 12.5. The van der Waals surface area contributed by atoms with E-state index in [-0.39, 0.29) is 11.7 Å². The van der Waals surface area contributed by atoms with Crippen LogP contribution in [0.3, 0.4) is 0 Å². The molecule has 0 saturated carbocycles. The van der Waals surface area contributed by atoms with Gasteiger partial charge in [0, 0.05) is 18.4 Å². The first-order chi connectivity index (χ1) is 11.9. The highest BCUT2D eigenvalue weighted by Crippen LogP contribution is 2.18. The summed E-state index contributed by atoms with van der Waals surface area (Å²) in [5, 5.41) is 10.4. The molecule has 0 saturated heterocycles. The van der Waals surface area contributed by atoms with Crippen molar-refractivity contribution in [3.05, 3.63) is 35.9 Å². The standard InChI is InChI=1S/C20H30O5/c1-5-6-12-24-13-14(2)18(21)15(3)19(22)16(4)25-20(23)17-10-8-7-9-11-17/h7-11,14-16,18,21H,5-6,12-13H2,1-4H3/t14-,15-,16+,18-/m1/s1. The Balaban J connectivity index is 2.51. The van der Waals surface area contributed by atoms with Crippen molar-refractivity contribution in [3.63, 3.8) is 0 Å². The first kappa shape index (κ1) is 21.3. The molecule has 0 amide bonds. The average Bonchev–Trinajstić information content (AvgIpc) is 2.63. The minimum absolute atomic E-state index is 0.173. The van der Waals surface area contributed by atoms with Crippen LogP contribution in [0.15, 0.2) is 30.3 Å². The lowest BCUT2D eigenvalue weighted by molar-refractivity contribution is -0.135. The molecule has 0 radical (unpaired) electrons. The summed E-state index contributed by atoms with van der Waals surface area (Å²) in [4.78, 5) is 24.5. The van der Waals surface area contributed by atoms with Crippen LogP contribution in [-0.2, 0) is 14.3 Å². The summed E-state index contributed by atoms with van der Waals surface area (Å²) in [5.74, 6) is -1.65. The highest BCUT2D eigenvalue weighted by molar-refractivity contribution is 5.93. The van der Waals surface area contributed by atoms with Crippen molar-refractivity contribution < 1.29 is 24.2 Å². The van der Waals surface area contributed by atoms with Crippen molar-refractivity contribution in [3.8, 4) is 0 Å². The predicted octanol–water partition coefficient (Wildman–Crippen LogP) is 3.25. The molecule has 0 bridgehead atoms. The summed E-state index contributed by atoms with van der Waals surface area (Å²) in [5.41, 5.74) is 0.396. The van der Waals surface area contributed by atoms with Gasteiger partial charge in [0.25, 0.3) is 0 Å². The van der Waals surface area contributed by atoms with Gasteiger partial charge in [0.15, 0.2) is 11.9 Å². The molecule has 1 aromatic rings. The van der Waals surface area contributed by atoms with Crippen molar-refractivity contribution in [2.45, 2.75) is 52.7 Å². The molecule has 4 atom stereocenters. The fraction of sp³-hybridized carbons (Fsp3) is 0.600. The van der Waals surface area contributed by atoms with Gasteiger partial charge in [0.1, 0.15) is 0 Å². The molecule has 0 aliphatic heterocycles. The van der Waals surface area contributed by atoms with E-state index in [2.05, 4.69) is 6.92 Å². The second kappa shape index (κ2) is 11.0. The minimum Gasteiger partial charge on any atom is -0.451 e. The topological polar surface area (TPSA) is 72.8 Å². The molecule has 5 heteroatoms. The average molecular weight is 350 g/mol. The molecular weight excluding hydrogens is 320 g/mol. The van der Waals surface area contributed by atoms with Crippen LogP contribution in [0.4, 0.5) is 0 Å². The normalized spacial score (nSPS) is 15.9. The SMILES string of the molecule is CCCCOC[C@@H](C)[C@@H](O)[C@@H](C)C(=O)[C@H](C)OC(=O)c1ccccc1. The first-order valence-electron chi connectivity index (χ1n) is 8.94. The van der Waals surface area contributed by atoms with Gasteiger partial charge in [-0.25, -0.2) is 4.79 Å². The molecule has 0 aliphatic rings. The van der Waals surface area contributed by atoms with E-state index in [4.69, 9.17) is 9.47 Å². The molecule has 0 heterocycles. The van der Waals surface area contributed by atoms with Gasteiger partial charge in [0.2, 0.25) is 0 Å². The van der Waals surface area contributed by atoms with Crippen LogP contribution < -0.4 is 0 Å². The number of carbonyl (C=O) groups is 2. The van der Waals surface area contributed by atoms with Gasteiger partial charge in [-0.05, 0) is 25.5 Å². The predicted molar refractivity (Wildman–Crippen MR) is 96.4 cm³/mol. The van der Waals surface area contributed by atoms with Gasteiger partial charge in [-0.3, -0.25) is 4.79 Å². The van der Waals surface area contributed by atoms with Crippen molar-refractivity contribution in [1.82, 2.24) is 0 Å². The molecule has 0 spiro atoms. The Bertz CT molecular complexity index is 528. The number of Topliss-reactive ketones (excluding diaryl/α,β-unsaturated/α-hetero) is 1. The lowest BCUT2D eigenvalue weighted by atomic mass is 9.89. The monoisotopic (exact) mass is 350 g/mol. The summed E-state index contributed by atoms with van der Waals surface area (Å²) in [6.07, 6.45) is 0.275. The van der Waals surface area contributed by atoms with Gasteiger partial charge in [0.05, 0.1) is 18.3 Å². The van der Waals surface area contributed by atoms with Crippen LogP contribution >= 0.6 is 0 Å². The van der Waals surface area contributed by atoms with E-state index in [1.807, 2.05) is 6.92 Å². The van der Waals surface area contributed by atoms with E-state index in [0.717, 1.165) is 12.8 Å². The number of hydrogen-bond acceptors (Lipinski definition) is 5. The molecule has 25 heavy (non-hydrogen) atoms. The Hall–Kier alpha value is -1.72. The van der Waals surface area contributed by atoms with Gasteiger partial charge < -0.3 is 14.6 Å². The maximum Gasteiger partial charge on any atom is 0.338 e. The van der Waals surface area contributed by atoms with Crippen LogP contribution in [0, 0.1) is 11.8 Å². The van der Waals surface area contributed by atoms with Crippen LogP contribution in [0.25, 0.3) is 0 Å². The number of hydrogen-bond donors (Lipinski definition) is 1. The van der Waals surface area contributed by atoms with E-state index in [9.17, 15) is 14.7 Å². The quantitative estimate of drug-likeness (QED) is 0.490. The minimum atomic E-state index is -0.912. The smallest absolute Gasteiger partial charge is 0.338 e. The third-order valence-electron chi connectivity index (χ3n) is 4.26. The molecule has 0 aliphatic carbocycles. The number of benzene rings is 1. The summed E-state index contributed by atoms with van der Waals surface area (Å²) < 4.78 is 10.7. The maximum absolute atomic E-state index is 12.5. The zero-order valence-corrected chi connectivity index (χ0v) is 15.6. The number of ketones is 1. The summed E-state index contributed by atoms with van der Waals surface area (Å²) >= 11 is 0. The molecular formula is C20H30O5. The Morgan fingerprint density at radius 3 is 2.36 bits per heavy atom. The molecule has 5 nitrogen and oxygen atoms in total. The van der Waals surface area contributed by atoms with Gasteiger partial charge in [-0.2, -0.15) is 0 Å². The second-order valence-electron chi connectivity index (χ2n) is 6.50. The van der Waals surface area contributed by atoms with Crippen LogP contribution in [0.1, 0.15) is 50.9 Å². The number of aliphatic hydroxyl groups is 1. The van der Waals surface area contributed by atoms with Gasteiger partial charge in [-0.1, -0.05) is 45.4 Å². The molecule has 0 fully saturated rings. The van der Waals surface area contributed by atoms with Crippen LogP contribution in [0.5, 0.6) is 0 Å². The first-order valence-corrected chi connectivity index (χ1v) is 8.94. The number of carbonyl (C=O) groups excluding carboxylic acids is 2. The lowest BCUT2D eigenvalue weighted by Crippen LogP contribution is -2.39. The highest BCUT2D eigenvalue weighted by atomic mass is 16.5. The van der Waals surface area contributed by atoms with Gasteiger partial charge in [-0.15, -0.1) is 0 Å². The third kappa shape index (κ3) is 6.96. The summed E-state index contributed by atoms with van der Waals surface area (Å²) in [7, 11) is 0. The summed E-state index contributed by atoms with van der Waals surface area (Å²) in [6.45, 7) is 8.18. The number of rotatable bonds is 11. The fourth-order valence-corrected chi connectivity index (χ4v) is 2.51. The van der Waals surface area contributed by atoms with Crippen molar-refractivity contribution >= 4 is 11.8 Å². The fourth-order valence-electron chi connectivity index (χ4n) is 2.51. The number of ether oxygens (including phenoxy) is 2. The molecule has 1 aromatic carbocycles. The van der Waals surface area contributed by atoms with Crippen LogP contribution in [0.2, 0.25) is 0 Å². The number of aliphatic hydroxyl groups excluding tert-OH is 1. The second-order valence-corrected chi connectivity index (χ2v) is 6.50. The van der Waals surface area contributed by atoms with E-state index < -0.39 is 24.1 Å². The van der Waals surface area contributed by atoms with E-state index in [0.29, 0.717) is 18.8 Å². The molecule has 1 N–H and O–H groups in total. The van der Waals surface area contributed by atoms with Crippen molar-refractivity contribution in [2.75, 3.05) is 13.2 Å². The van der Waals surface area contributed by atoms with Crippen LogP contribution in [-0.4, -0.2) is 42.3 Å². The zero-order chi connectivity index (χ0) is 18.8. The van der Waals surface area contributed by atoms with E-state index in [1.54, 1.807) is 37.3 Å². The Kier molecular flexibility index (Phi) is 9.39. The Morgan fingerprint density at radius 2 is 1.76 bits per heavy atom. The van der Waals surface area contributed by atoms with Crippen molar-refractivity contribution in [2.24, 2.45) is 11.8 Å². The molecule has 0 aromatic heterocycles. The third-order valence-corrected chi connectivity index (χ3v) is 4.26. The highest BCUT2D eigenvalue weighted by Gasteiger charge is 2.31. The molecule has 0 unspecified atom stereocenters. The zero-order valence-electron chi connectivity index (χ0n) is 15.6. The summed E-state index contributed by atoms with van der Waals surface area (Å²) in [6, 6.07) is 8.53. The molecule has 140 valence electrons. The Labute approximate surface area is 150 Å². The molecule has 1 rings (SSSR count). The van der Waals surface area contributed by atoms with E-state index >= 15 is 0 Å². The van der Waals surface area contributed by atoms with E-state index in [1.165, 1.54) is 6.92 Å². The number of esters is 1.